The first-order valence-corrected chi connectivity index (χ1v) is 11.4. The number of nitrogens with one attached hydrogen (secondary N) is 1. The highest BCUT2D eigenvalue weighted by Crippen LogP contribution is 2.40. The van der Waals surface area contributed by atoms with E-state index < -0.39 is 24.1 Å². The van der Waals surface area contributed by atoms with Crippen molar-refractivity contribution in [3.63, 3.8) is 0 Å². The molecule has 0 spiro atoms. The first-order chi connectivity index (χ1) is 14.9. The Labute approximate surface area is 184 Å². The lowest BCUT2D eigenvalue weighted by atomic mass is 9.84. The molecule has 7 nitrogen and oxygen atoms in total. The molecule has 5 atom stereocenters. The number of hydrogen-bond acceptors (Lipinski definition) is 5. The van der Waals surface area contributed by atoms with Crippen LogP contribution in [0.1, 0.15) is 57.9 Å². The Bertz CT molecular complexity index is 768. The molecule has 2 N–H and O–H groups in total. The summed E-state index contributed by atoms with van der Waals surface area (Å²) in [6.07, 6.45) is 5.62. The molecule has 3 rings (SSSR count). The summed E-state index contributed by atoms with van der Waals surface area (Å²) in [4.78, 5) is 39.3. The first kappa shape index (κ1) is 23.3. The van der Waals surface area contributed by atoms with Crippen molar-refractivity contribution in [1.29, 1.82) is 0 Å². The molecule has 0 radical (unpaired) electrons. The molecule has 0 bridgehead atoms. The lowest BCUT2D eigenvalue weighted by Gasteiger charge is -2.35. The van der Waals surface area contributed by atoms with Crippen molar-refractivity contribution in [3.8, 4) is 0 Å². The predicted molar refractivity (Wildman–Crippen MR) is 116 cm³/mol. The van der Waals surface area contributed by atoms with Gasteiger partial charge in [0.1, 0.15) is 12.1 Å². The number of esters is 1. The number of fused-ring (bicyclic) bond motifs is 1. The van der Waals surface area contributed by atoms with E-state index >= 15 is 0 Å². The monoisotopic (exact) mass is 430 g/mol. The number of amides is 1. The summed E-state index contributed by atoms with van der Waals surface area (Å²) in [7, 11) is 0. The van der Waals surface area contributed by atoms with E-state index in [4.69, 9.17) is 4.74 Å². The van der Waals surface area contributed by atoms with E-state index in [0.717, 1.165) is 31.2 Å². The van der Waals surface area contributed by atoms with E-state index in [1.165, 1.54) is 0 Å². The summed E-state index contributed by atoms with van der Waals surface area (Å²) >= 11 is 0. The van der Waals surface area contributed by atoms with Crippen molar-refractivity contribution in [2.24, 2.45) is 5.92 Å². The lowest BCUT2D eigenvalue weighted by molar-refractivity contribution is -0.152. The third-order valence-electron chi connectivity index (χ3n) is 6.58. The molecule has 0 unspecified atom stereocenters. The molecule has 1 saturated carbocycles. The third kappa shape index (κ3) is 5.64. The van der Waals surface area contributed by atoms with Crippen LogP contribution in [0.4, 0.5) is 0 Å². The highest BCUT2D eigenvalue weighted by molar-refractivity contribution is 5.88. The molecule has 1 amide bonds. The minimum Gasteiger partial charge on any atom is -0.480 e. The smallest absolute Gasteiger partial charge is 0.326 e. The van der Waals surface area contributed by atoms with Crippen LogP contribution in [0.15, 0.2) is 30.3 Å². The van der Waals surface area contributed by atoms with E-state index in [-0.39, 0.29) is 30.4 Å². The van der Waals surface area contributed by atoms with E-state index in [2.05, 4.69) is 5.32 Å². The molecule has 1 aliphatic carbocycles. The zero-order valence-electron chi connectivity index (χ0n) is 18.5. The Morgan fingerprint density at radius 3 is 2.58 bits per heavy atom. The van der Waals surface area contributed by atoms with Gasteiger partial charge in [0.2, 0.25) is 5.91 Å². The van der Waals surface area contributed by atoms with Gasteiger partial charge < -0.3 is 14.7 Å². The Morgan fingerprint density at radius 2 is 1.90 bits per heavy atom. The van der Waals surface area contributed by atoms with Crippen LogP contribution in [0.2, 0.25) is 0 Å². The molecule has 1 aromatic carbocycles. The van der Waals surface area contributed by atoms with Crippen molar-refractivity contribution >= 4 is 17.8 Å². The van der Waals surface area contributed by atoms with E-state index in [1.54, 1.807) is 18.7 Å². The van der Waals surface area contributed by atoms with Crippen molar-refractivity contribution in [1.82, 2.24) is 10.2 Å². The van der Waals surface area contributed by atoms with Crippen LogP contribution in [-0.4, -0.2) is 58.6 Å². The Morgan fingerprint density at radius 1 is 1.19 bits per heavy atom. The standard InChI is InChI=1S/C24H34N2O5/c1-3-31-24(30)19(14-13-17-9-5-4-6-10-17)25-16(2)22(27)26-20-12-8-7-11-18(20)15-21(26)23(28)29/h4-6,9-10,16,18-21,25H,3,7-8,11-15H2,1-2H3,(H,28,29)/t16-,18-,19-,20-,21-/m1/s1. The molecule has 31 heavy (non-hydrogen) atoms. The Balaban J connectivity index is 1.70. The van der Waals surface area contributed by atoms with Crippen molar-refractivity contribution in [3.05, 3.63) is 35.9 Å². The molecular formula is C24H34N2O5. The summed E-state index contributed by atoms with van der Waals surface area (Å²) in [5.41, 5.74) is 1.10. The fraction of sp³-hybridized carbons (Fsp3) is 0.625. The van der Waals surface area contributed by atoms with Gasteiger partial charge >= 0.3 is 11.9 Å². The molecule has 1 aliphatic heterocycles. The van der Waals surface area contributed by atoms with Crippen LogP contribution in [0, 0.1) is 5.92 Å². The van der Waals surface area contributed by atoms with Crippen LogP contribution >= 0.6 is 0 Å². The topological polar surface area (TPSA) is 95.9 Å². The van der Waals surface area contributed by atoms with E-state index in [1.807, 2.05) is 30.3 Å². The van der Waals surface area contributed by atoms with Gasteiger partial charge in [-0.05, 0) is 57.4 Å². The van der Waals surface area contributed by atoms with Gasteiger partial charge in [-0.1, -0.05) is 43.2 Å². The van der Waals surface area contributed by atoms with Crippen LogP contribution in [0.5, 0.6) is 0 Å². The van der Waals surface area contributed by atoms with Gasteiger partial charge in [-0.3, -0.25) is 14.9 Å². The largest absolute Gasteiger partial charge is 0.480 e. The maximum Gasteiger partial charge on any atom is 0.326 e. The number of carboxylic acids is 1. The Kier molecular flexibility index (Phi) is 8.07. The number of likely N-dealkylation sites (tertiary alicyclic amines) is 1. The number of carboxylic acid groups (broad SMARTS) is 1. The molecule has 2 aliphatic rings. The fourth-order valence-electron chi connectivity index (χ4n) is 5.06. The number of benzene rings is 1. The highest BCUT2D eigenvalue weighted by Gasteiger charge is 2.48. The van der Waals surface area contributed by atoms with Crippen molar-refractivity contribution < 1.29 is 24.2 Å². The molecule has 1 heterocycles. The summed E-state index contributed by atoms with van der Waals surface area (Å²) in [5.74, 6) is -1.31. The quantitative estimate of drug-likeness (QED) is 0.585. The van der Waals surface area contributed by atoms with Gasteiger partial charge in [0.25, 0.3) is 0 Å². The lowest BCUT2D eigenvalue weighted by Crippen LogP contribution is -2.55. The van der Waals surface area contributed by atoms with Gasteiger partial charge in [-0.15, -0.1) is 0 Å². The number of aryl methyl sites for hydroxylation is 1. The van der Waals surface area contributed by atoms with E-state index in [0.29, 0.717) is 19.3 Å². The second kappa shape index (κ2) is 10.8. The average molecular weight is 431 g/mol. The minimum absolute atomic E-state index is 0.0167. The van der Waals surface area contributed by atoms with Crippen LogP contribution < -0.4 is 5.32 Å². The number of ether oxygens (including phenoxy) is 1. The zero-order chi connectivity index (χ0) is 22.4. The highest BCUT2D eigenvalue weighted by atomic mass is 16.5. The number of rotatable bonds is 9. The molecule has 1 saturated heterocycles. The predicted octanol–water partition coefficient (Wildman–Crippen LogP) is 2.77. The number of hydrogen-bond donors (Lipinski definition) is 2. The van der Waals surface area contributed by atoms with Gasteiger partial charge in [0.05, 0.1) is 12.6 Å². The normalized spacial score (nSPS) is 24.8. The maximum atomic E-state index is 13.4. The maximum absolute atomic E-state index is 13.4. The summed E-state index contributed by atoms with van der Waals surface area (Å²) in [6.45, 7) is 3.74. The third-order valence-corrected chi connectivity index (χ3v) is 6.58. The first-order valence-electron chi connectivity index (χ1n) is 11.4. The average Bonchev–Trinajstić information content (AvgIpc) is 3.16. The summed E-state index contributed by atoms with van der Waals surface area (Å²) in [6, 6.07) is 7.75. The van der Waals surface area contributed by atoms with Gasteiger partial charge in [-0.2, -0.15) is 0 Å². The van der Waals surface area contributed by atoms with Crippen LogP contribution in [0.3, 0.4) is 0 Å². The zero-order valence-corrected chi connectivity index (χ0v) is 18.5. The van der Waals surface area contributed by atoms with Gasteiger partial charge in [0.15, 0.2) is 0 Å². The van der Waals surface area contributed by atoms with Crippen LogP contribution in [-0.2, 0) is 25.5 Å². The summed E-state index contributed by atoms with van der Waals surface area (Å²) in [5, 5.41) is 12.9. The minimum atomic E-state index is -0.944. The molecule has 7 heteroatoms. The van der Waals surface area contributed by atoms with Crippen molar-refractivity contribution in [2.75, 3.05) is 6.61 Å². The Hall–Kier alpha value is -2.41. The van der Waals surface area contributed by atoms with Gasteiger partial charge in [-0.25, -0.2) is 4.79 Å². The molecule has 1 aromatic rings. The van der Waals surface area contributed by atoms with E-state index in [9.17, 15) is 19.5 Å². The number of carbonyl (C=O) groups excluding carboxylic acids is 2. The van der Waals surface area contributed by atoms with Crippen LogP contribution in [0.25, 0.3) is 0 Å². The SMILES string of the molecule is CCOC(=O)[C@@H](CCc1ccccc1)N[C@H](C)C(=O)N1[C@@H](C(=O)O)C[C@H]2CCCC[C@H]21. The van der Waals surface area contributed by atoms with Crippen molar-refractivity contribution in [2.45, 2.75) is 83.0 Å². The summed E-state index contributed by atoms with van der Waals surface area (Å²) < 4.78 is 5.22. The second-order valence-electron chi connectivity index (χ2n) is 8.66. The number of carbonyl (C=O) groups is 3. The second-order valence-corrected chi connectivity index (χ2v) is 8.66. The molecular weight excluding hydrogens is 396 g/mol. The number of nitrogens with zero attached hydrogens (tertiary/aromatic N) is 1. The number of aliphatic carboxylic acids is 1. The van der Waals surface area contributed by atoms with Gasteiger partial charge in [0, 0.05) is 6.04 Å². The molecule has 0 aromatic heterocycles. The molecule has 2 fully saturated rings. The fourth-order valence-corrected chi connectivity index (χ4v) is 5.06. The molecule has 170 valence electrons.